The van der Waals surface area contributed by atoms with Gasteiger partial charge in [0.15, 0.2) is 5.76 Å². The van der Waals surface area contributed by atoms with Gasteiger partial charge in [0.25, 0.3) is 0 Å². The lowest BCUT2D eigenvalue weighted by molar-refractivity contribution is 0.0705. The van der Waals surface area contributed by atoms with Crippen molar-refractivity contribution in [1.29, 1.82) is 0 Å². The summed E-state index contributed by atoms with van der Waals surface area (Å²) in [4.78, 5) is 13.2. The summed E-state index contributed by atoms with van der Waals surface area (Å²) in [6, 6.07) is 18.7. The molecule has 5 rings (SSSR count). The van der Waals surface area contributed by atoms with Gasteiger partial charge in [-0.15, -0.1) is 0 Å². The molecule has 0 amide bonds. The molecule has 1 heterocycles. The van der Waals surface area contributed by atoms with Crippen molar-refractivity contribution in [3.05, 3.63) is 82.6 Å². The number of fused-ring (bicyclic) bond motifs is 3. The van der Waals surface area contributed by atoms with E-state index >= 15 is 0 Å². The first-order chi connectivity index (χ1) is 13.9. The number of hydrogen-bond acceptors (Lipinski definition) is 2. The van der Waals surface area contributed by atoms with Crippen LogP contribution in [0.5, 0.6) is 0 Å². The second-order valence-corrected chi connectivity index (χ2v) is 9.11. The molecule has 0 bridgehead atoms. The number of carbonyl (C=O) groups excluding carboxylic acids is 1. The summed E-state index contributed by atoms with van der Waals surface area (Å²) in [5.74, 6) is 0.679. The van der Waals surface area contributed by atoms with Crippen LogP contribution in [0, 0.1) is 26.7 Å². The molecular formula is C27H26O2. The second kappa shape index (κ2) is 6.32. The topological polar surface area (TPSA) is 30.2 Å². The molecule has 0 spiro atoms. The minimum Gasteiger partial charge on any atom is -0.453 e. The van der Waals surface area contributed by atoms with Gasteiger partial charge in [0.1, 0.15) is 5.58 Å². The minimum atomic E-state index is 0.0342. The highest BCUT2D eigenvalue weighted by molar-refractivity contribution is 6.09. The lowest BCUT2D eigenvalue weighted by Crippen LogP contribution is -2.43. The van der Waals surface area contributed by atoms with Crippen molar-refractivity contribution in [3.8, 4) is 0 Å². The van der Waals surface area contributed by atoms with Crippen LogP contribution in [0.2, 0.25) is 0 Å². The van der Waals surface area contributed by atoms with Crippen molar-refractivity contribution in [2.24, 2.45) is 5.92 Å². The van der Waals surface area contributed by atoms with Crippen molar-refractivity contribution < 1.29 is 9.21 Å². The van der Waals surface area contributed by atoms with Crippen molar-refractivity contribution >= 4 is 27.5 Å². The van der Waals surface area contributed by atoms with Crippen LogP contribution >= 0.6 is 0 Å². The molecule has 0 aliphatic heterocycles. The molecule has 0 N–H and O–H groups in total. The summed E-state index contributed by atoms with van der Waals surface area (Å²) < 4.78 is 5.98. The molecule has 0 saturated heterocycles. The van der Waals surface area contributed by atoms with Crippen LogP contribution in [0.3, 0.4) is 0 Å². The highest BCUT2D eigenvalue weighted by Gasteiger charge is 2.47. The smallest absolute Gasteiger partial charge is 0.201 e. The van der Waals surface area contributed by atoms with E-state index in [9.17, 15) is 4.79 Å². The Hall–Kier alpha value is -2.87. The van der Waals surface area contributed by atoms with Gasteiger partial charge in [-0.1, -0.05) is 55.0 Å². The molecule has 1 aliphatic rings. The van der Waals surface area contributed by atoms with Gasteiger partial charge in [-0.3, -0.25) is 4.79 Å². The number of ketones is 1. The standard InChI is InChI=1S/C27H26O2/c1-16-11-17(2)25(18(3)12-16)27(4)14-20(15-27)26(28)24-13-22-21-8-6-5-7-19(21)9-10-23(22)29-24/h5-13,20H,14-15H2,1-4H3. The van der Waals surface area contributed by atoms with E-state index in [2.05, 4.69) is 58.0 Å². The number of carbonyl (C=O) groups is 1. The van der Waals surface area contributed by atoms with Crippen LogP contribution in [0.4, 0.5) is 0 Å². The number of benzene rings is 3. The molecule has 1 saturated carbocycles. The fourth-order valence-electron chi connectivity index (χ4n) is 5.66. The van der Waals surface area contributed by atoms with Crippen LogP contribution in [-0.4, -0.2) is 5.78 Å². The summed E-state index contributed by atoms with van der Waals surface area (Å²) in [5, 5.41) is 3.33. The SMILES string of the molecule is Cc1cc(C)c(C2(C)CC(C(=O)c3cc4c(ccc5ccccc54)o3)C2)c(C)c1. The fraction of sp³-hybridized carbons (Fsp3) is 0.296. The van der Waals surface area contributed by atoms with Crippen LogP contribution < -0.4 is 0 Å². The van der Waals surface area contributed by atoms with Crippen LogP contribution in [0.1, 0.15) is 52.6 Å². The quantitative estimate of drug-likeness (QED) is 0.355. The highest BCUT2D eigenvalue weighted by atomic mass is 16.3. The first kappa shape index (κ1) is 18.2. The molecule has 29 heavy (non-hydrogen) atoms. The van der Waals surface area contributed by atoms with Crippen molar-refractivity contribution in [3.63, 3.8) is 0 Å². The Kier molecular flexibility index (Phi) is 3.96. The van der Waals surface area contributed by atoms with E-state index in [-0.39, 0.29) is 17.1 Å². The molecule has 0 atom stereocenters. The van der Waals surface area contributed by atoms with E-state index in [1.54, 1.807) is 0 Å². The first-order valence-electron chi connectivity index (χ1n) is 10.4. The summed E-state index contributed by atoms with van der Waals surface area (Å²) in [7, 11) is 0. The van der Waals surface area contributed by atoms with Gasteiger partial charge in [0.2, 0.25) is 5.78 Å². The van der Waals surface area contributed by atoms with E-state index in [4.69, 9.17) is 4.42 Å². The maximum absolute atomic E-state index is 13.2. The third-order valence-corrected chi connectivity index (χ3v) is 6.71. The third-order valence-electron chi connectivity index (χ3n) is 6.71. The summed E-state index contributed by atoms with van der Waals surface area (Å²) >= 11 is 0. The molecule has 3 aromatic carbocycles. The average Bonchev–Trinajstić information content (AvgIpc) is 3.09. The summed E-state index contributed by atoms with van der Waals surface area (Å²) in [5.41, 5.74) is 6.26. The average molecular weight is 383 g/mol. The molecule has 146 valence electrons. The predicted octanol–water partition coefficient (Wildman–Crippen LogP) is 7.06. The minimum absolute atomic E-state index is 0.0342. The van der Waals surface area contributed by atoms with E-state index in [0.717, 1.165) is 29.2 Å². The zero-order chi connectivity index (χ0) is 20.3. The number of furan rings is 1. The van der Waals surface area contributed by atoms with E-state index in [1.807, 2.05) is 24.3 Å². The lowest BCUT2D eigenvalue weighted by atomic mass is 9.57. The Balaban J connectivity index is 1.44. The van der Waals surface area contributed by atoms with E-state index in [1.165, 1.54) is 27.6 Å². The first-order valence-corrected chi connectivity index (χ1v) is 10.4. The maximum atomic E-state index is 13.2. The molecule has 2 heteroatoms. The second-order valence-electron chi connectivity index (χ2n) is 9.11. The monoisotopic (exact) mass is 382 g/mol. The van der Waals surface area contributed by atoms with Crippen molar-refractivity contribution in [2.75, 3.05) is 0 Å². The Bertz CT molecular complexity index is 1250. The van der Waals surface area contributed by atoms with Crippen LogP contribution in [0.25, 0.3) is 21.7 Å². The molecule has 1 aliphatic carbocycles. The summed E-state index contributed by atoms with van der Waals surface area (Å²) in [6.45, 7) is 8.83. The lowest BCUT2D eigenvalue weighted by Gasteiger charge is -2.46. The highest BCUT2D eigenvalue weighted by Crippen LogP contribution is 2.51. The number of rotatable bonds is 3. The molecule has 0 unspecified atom stereocenters. The van der Waals surface area contributed by atoms with Gasteiger partial charge in [0, 0.05) is 11.3 Å². The fourth-order valence-corrected chi connectivity index (χ4v) is 5.66. The molecule has 0 radical (unpaired) electrons. The third kappa shape index (κ3) is 2.81. The Morgan fingerprint density at radius 3 is 2.34 bits per heavy atom. The molecule has 1 aromatic heterocycles. The molecule has 2 nitrogen and oxygen atoms in total. The zero-order valence-electron chi connectivity index (χ0n) is 17.5. The van der Waals surface area contributed by atoms with Gasteiger partial charge in [-0.2, -0.15) is 0 Å². The van der Waals surface area contributed by atoms with E-state index in [0.29, 0.717) is 5.76 Å². The summed E-state index contributed by atoms with van der Waals surface area (Å²) in [6.07, 6.45) is 1.77. The molecular weight excluding hydrogens is 356 g/mol. The molecule has 4 aromatic rings. The van der Waals surface area contributed by atoms with E-state index < -0.39 is 0 Å². The van der Waals surface area contributed by atoms with Gasteiger partial charge < -0.3 is 4.42 Å². The van der Waals surface area contributed by atoms with Crippen molar-refractivity contribution in [2.45, 2.75) is 46.0 Å². The van der Waals surface area contributed by atoms with Crippen LogP contribution in [-0.2, 0) is 5.41 Å². The maximum Gasteiger partial charge on any atom is 0.201 e. The van der Waals surface area contributed by atoms with Crippen LogP contribution in [0.15, 0.2) is 59.0 Å². The normalized spacial score (nSPS) is 21.4. The number of hydrogen-bond donors (Lipinski definition) is 0. The predicted molar refractivity (Wildman–Crippen MR) is 119 cm³/mol. The Morgan fingerprint density at radius 1 is 0.931 bits per heavy atom. The van der Waals surface area contributed by atoms with Gasteiger partial charge in [0.05, 0.1) is 0 Å². The number of aryl methyl sites for hydroxylation is 3. The number of Topliss-reactive ketones (excluding diaryl/α,β-unsaturated/α-hetero) is 1. The van der Waals surface area contributed by atoms with Gasteiger partial charge in [-0.05, 0) is 78.6 Å². The Morgan fingerprint density at radius 2 is 1.62 bits per heavy atom. The largest absolute Gasteiger partial charge is 0.453 e. The van der Waals surface area contributed by atoms with Gasteiger partial charge >= 0.3 is 0 Å². The molecule has 1 fully saturated rings. The van der Waals surface area contributed by atoms with Gasteiger partial charge in [-0.25, -0.2) is 0 Å². The zero-order valence-corrected chi connectivity index (χ0v) is 17.5. The Labute approximate surface area is 171 Å². The van der Waals surface area contributed by atoms with Crippen molar-refractivity contribution in [1.82, 2.24) is 0 Å².